The van der Waals surface area contributed by atoms with E-state index in [1.165, 1.54) is 11.1 Å². The summed E-state index contributed by atoms with van der Waals surface area (Å²) in [6, 6.07) is 4.53. The fourth-order valence-electron chi connectivity index (χ4n) is 5.16. The highest BCUT2D eigenvalue weighted by Gasteiger charge is 2.61. The first-order chi connectivity index (χ1) is 11.2. The van der Waals surface area contributed by atoms with Crippen molar-refractivity contribution in [2.24, 2.45) is 5.92 Å². The second-order valence-electron chi connectivity index (χ2n) is 6.96. The fraction of sp³-hybridized carbons (Fsp3) is 0.579. The summed E-state index contributed by atoms with van der Waals surface area (Å²) in [4.78, 5) is 0. The second-order valence-corrected chi connectivity index (χ2v) is 6.96. The van der Waals surface area contributed by atoms with Crippen LogP contribution < -0.4 is 14.8 Å². The number of rotatable bonds is 4. The maximum absolute atomic E-state index is 10.6. The molecule has 1 aromatic rings. The normalized spacial score (nSPS) is 36.5. The van der Waals surface area contributed by atoms with Gasteiger partial charge in [-0.2, -0.15) is 0 Å². The van der Waals surface area contributed by atoms with E-state index in [0.29, 0.717) is 12.0 Å². The molecule has 0 saturated heterocycles. The zero-order chi connectivity index (χ0) is 16.2. The molecular formula is C19H25NO3. The minimum absolute atomic E-state index is 0.159. The van der Waals surface area contributed by atoms with Crippen LogP contribution in [0.15, 0.2) is 24.3 Å². The smallest absolute Gasteiger partial charge is 0.165 e. The summed E-state index contributed by atoms with van der Waals surface area (Å²) in [6.45, 7) is 2.21. The molecule has 0 amide bonds. The molecule has 23 heavy (non-hydrogen) atoms. The molecule has 1 heterocycles. The van der Waals surface area contributed by atoms with Gasteiger partial charge in [-0.05, 0) is 31.5 Å². The topological polar surface area (TPSA) is 50.7 Å². The molecule has 1 unspecified atom stereocenters. The monoisotopic (exact) mass is 315 g/mol. The van der Waals surface area contributed by atoms with E-state index in [0.717, 1.165) is 30.8 Å². The SMILES string of the molecule is CCC[C@]12c3c4ccc(OC)c3O[C@H]1[C@@H](O)C=CC2[C@H](NC)C4. The first kappa shape index (κ1) is 15.0. The van der Waals surface area contributed by atoms with Crippen molar-refractivity contribution in [1.82, 2.24) is 5.32 Å². The maximum atomic E-state index is 10.6. The highest BCUT2D eigenvalue weighted by molar-refractivity contribution is 5.61. The summed E-state index contributed by atoms with van der Waals surface area (Å²) in [7, 11) is 3.71. The lowest BCUT2D eigenvalue weighted by Crippen LogP contribution is -2.59. The Morgan fingerprint density at radius 2 is 2.22 bits per heavy atom. The Kier molecular flexibility index (Phi) is 3.43. The third kappa shape index (κ3) is 1.79. The van der Waals surface area contributed by atoms with Crippen molar-refractivity contribution < 1.29 is 14.6 Å². The van der Waals surface area contributed by atoms with Gasteiger partial charge in [0.05, 0.1) is 7.11 Å². The van der Waals surface area contributed by atoms with E-state index in [-0.39, 0.29) is 11.5 Å². The quantitative estimate of drug-likeness (QED) is 0.836. The van der Waals surface area contributed by atoms with E-state index < -0.39 is 6.10 Å². The average Bonchev–Trinajstić information content (AvgIpc) is 2.91. The second kappa shape index (κ2) is 5.25. The van der Waals surface area contributed by atoms with Crippen LogP contribution in [-0.2, 0) is 11.8 Å². The fourth-order valence-corrected chi connectivity index (χ4v) is 5.16. The molecule has 1 aromatic carbocycles. The highest BCUT2D eigenvalue weighted by Crippen LogP contribution is 2.60. The van der Waals surface area contributed by atoms with Crippen LogP contribution in [0, 0.1) is 5.92 Å². The number of benzene rings is 1. The molecule has 124 valence electrons. The van der Waals surface area contributed by atoms with E-state index in [2.05, 4.69) is 24.4 Å². The molecule has 4 heteroatoms. The summed E-state index contributed by atoms with van der Waals surface area (Å²) >= 11 is 0. The van der Waals surface area contributed by atoms with Crippen molar-refractivity contribution in [3.63, 3.8) is 0 Å². The minimum atomic E-state index is -0.571. The predicted molar refractivity (Wildman–Crippen MR) is 89.2 cm³/mol. The summed E-state index contributed by atoms with van der Waals surface area (Å²) in [6.07, 6.45) is 6.38. The van der Waals surface area contributed by atoms with Crippen molar-refractivity contribution in [3.05, 3.63) is 35.4 Å². The number of aliphatic hydroxyl groups is 1. The zero-order valence-corrected chi connectivity index (χ0v) is 14.0. The van der Waals surface area contributed by atoms with E-state index in [4.69, 9.17) is 9.47 Å². The first-order valence-corrected chi connectivity index (χ1v) is 8.58. The summed E-state index contributed by atoms with van der Waals surface area (Å²) in [5.41, 5.74) is 2.45. The van der Waals surface area contributed by atoms with Gasteiger partial charge in [-0.25, -0.2) is 0 Å². The highest BCUT2D eigenvalue weighted by atomic mass is 16.5. The van der Waals surface area contributed by atoms with Gasteiger partial charge < -0.3 is 19.9 Å². The molecule has 2 aliphatic carbocycles. The van der Waals surface area contributed by atoms with Gasteiger partial charge in [0.1, 0.15) is 12.2 Å². The molecule has 0 bridgehead atoms. The Hall–Kier alpha value is -1.52. The van der Waals surface area contributed by atoms with Gasteiger partial charge in [0.25, 0.3) is 0 Å². The van der Waals surface area contributed by atoms with Crippen LogP contribution >= 0.6 is 0 Å². The molecule has 0 spiro atoms. The lowest BCUT2D eigenvalue weighted by molar-refractivity contribution is -0.00689. The number of ether oxygens (including phenoxy) is 2. The van der Waals surface area contributed by atoms with Crippen LogP contribution in [0.1, 0.15) is 30.9 Å². The van der Waals surface area contributed by atoms with Gasteiger partial charge in [-0.1, -0.05) is 31.6 Å². The number of hydrogen-bond acceptors (Lipinski definition) is 4. The number of methoxy groups -OCH3 is 1. The van der Waals surface area contributed by atoms with Gasteiger partial charge in [0.15, 0.2) is 11.5 Å². The van der Waals surface area contributed by atoms with Crippen LogP contribution in [0.4, 0.5) is 0 Å². The Morgan fingerprint density at radius 1 is 1.39 bits per heavy atom. The molecule has 1 aliphatic heterocycles. The van der Waals surface area contributed by atoms with Gasteiger partial charge >= 0.3 is 0 Å². The van der Waals surface area contributed by atoms with Crippen molar-refractivity contribution in [3.8, 4) is 11.5 Å². The summed E-state index contributed by atoms with van der Waals surface area (Å²) in [5.74, 6) is 1.97. The Bertz CT molecular complexity index is 656. The molecule has 2 N–H and O–H groups in total. The lowest BCUT2D eigenvalue weighted by Gasteiger charge is -2.50. The van der Waals surface area contributed by atoms with E-state index in [1.807, 2.05) is 19.2 Å². The summed E-state index contributed by atoms with van der Waals surface area (Å²) < 4.78 is 11.9. The number of nitrogens with one attached hydrogen (secondary N) is 1. The van der Waals surface area contributed by atoms with E-state index in [1.54, 1.807) is 7.11 Å². The van der Waals surface area contributed by atoms with Gasteiger partial charge in [-0.3, -0.25) is 0 Å². The number of aliphatic hydroxyl groups excluding tert-OH is 1. The van der Waals surface area contributed by atoms with Crippen LogP contribution in [0.25, 0.3) is 0 Å². The average molecular weight is 315 g/mol. The third-order valence-corrected chi connectivity index (χ3v) is 5.97. The number of likely N-dealkylation sites (N-methyl/N-ethyl adjacent to an activating group) is 1. The van der Waals surface area contributed by atoms with Crippen LogP contribution in [0.2, 0.25) is 0 Å². The predicted octanol–water partition coefficient (Wildman–Crippen LogP) is 2.19. The first-order valence-electron chi connectivity index (χ1n) is 8.58. The Labute approximate surface area is 137 Å². The van der Waals surface area contributed by atoms with Crippen LogP contribution in [0.5, 0.6) is 11.5 Å². The van der Waals surface area contributed by atoms with E-state index >= 15 is 0 Å². The van der Waals surface area contributed by atoms with Crippen molar-refractivity contribution in [2.75, 3.05) is 14.2 Å². The molecule has 5 atom stereocenters. The van der Waals surface area contributed by atoms with Gasteiger partial charge in [-0.15, -0.1) is 0 Å². The largest absolute Gasteiger partial charge is 0.493 e. The molecule has 4 nitrogen and oxygen atoms in total. The third-order valence-electron chi connectivity index (χ3n) is 5.97. The summed E-state index contributed by atoms with van der Waals surface area (Å²) in [5, 5.41) is 14.1. The Morgan fingerprint density at radius 3 is 2.91 bits per heavy atom. The maximum Gasteiger partial charge on any atom is 0.165 e. The van der Waals surface area contributed by atoms with Crippen molar-refractivity contribution in [1.29, 1.82) is 0 Å². The zero-order valence-electron chi connectivity index (χ0n) is 14.0. The molecule has 3 aliphatic rings. The molecule has 0 aromatic heterocycles. The van der Waals surface area contributed by atoms with Crippen molar-refractivity contribution >= 4 is 0 Å². The molecule has 4 rings (SSSR count). The van der Waals surface area contributed by atoms with Crippen LogP contribution in [0.3, 0.4) is 0 Å². The van der Waals surface area contributed by atoms with Crippen LogP contribution in [-0.4, -0.2) is 37.5 Å². The molecule has 0 saturated carbocycles. The van der Waals surface area contributed by atoms with Gasteiger partial charge in [0, 0.05) is 22.9 Å². The molecular weight excluding hydrogens is 290 g/mol. The molecule has 0 radical (unpaired) electrons. The standard InChI is InChI=1S/C19H25NO3/c1-4-9-19-12-6-7-14(21)18(19)23-17-15(22-3)8-5-11(16(17)19)10-13(12)20-2/h5-8,12-14,18,20-21H,4,9-10H2,1-3H3/t12?,13-,14+,18+,19+/m1/s1. The van der Waals surface area contributed by atoms with Gasteiger partial charge in [0.2, 0.25) is 0 Å². The minimum Gasteiger partial charge on any atom is -0.493 e. The van der Waals surface area contributed by atoms with E-state index in [9.17, 15) is 5.11 Å². The molecule has 0 fully saturated rings. The number of hydrogen-bond donors (Lipinski definition) is 2. The Balaban J connectivity index is 2.00. The van der Waals surface area contributed by atoms with Crippen molar-refractivity contribution in [2.45, 2.75) is 49.9 Å². The lowest BCUT2D eigenvalue weighted by atomic mass is 9.55.